The fraction of sp³-hybridized carbons (Fsp3) is 1.00. The Morgan fingerprint density at radius 1 is 0.450 bits per heavy atom. The van der Waals surface area contributed by atoms with Gasteiger partial charge in [0.15, 0.2) is 8.32 Å². The molecule has 0 radical (unpaired) electrons. The van der Waals surface area contributed by atoms with Crippen LogP contribution in [-0.4, -0.2) is 88.5 Å². The van der Waals surface area contributed by atoms with Gasteiger partial charge < -0.3 is 19.1 Å². The van der Waals surface area contributed by atoms with Crippen molar-refractivity contribution in [1.29, 1.82) is 0 Å². The first-order valence-corrected chi connectivity index (χ1v) is 20.7. The van der Waals surface area contributed by atoms with E-state index in [0.717, 1.165) is 6.61 Å². The molecule has 0 aromatic heterocycles. The zero-order chi connectivity index (χ0) is 30.1. The van der Waals surface area contributed by atoms with E-state index in [4.69, 9.17) is 4.43 Å². The number of hydrogen-bond acceptors (Lipinski definition) is 4. The lowest BCUT2D eigenvalue weighted by Gasteiger charge is -2.43. The molecule has 0 aromatic rings. The van der Waals surface area contributed by atoms with Gasteiger partial charge in [0.1, 0.15) is 0 Å². The summed E-state index contributed by atoms with van der Waals surface area (Å²) in [7, 11) is -1.74. The maximum absolute atomic E-state index is 6.80. The van der Waals surface area contributed by atoms with Gasteiger partial charge in [0.05, 0.1) is 0 Å². The Kier molecular flexibility index (Phi) is 25.6. The molecule has 0 aromatic carbocycles. The summed E-state index contributed by atoms with van der Waals surface area (Å²) in [6, 6.07) is 3.92. The molecular weight excluding hydrogens is 506 g/mol. The third-order valence-electron chi connectivity index (χ3n) is 9.22. The Bertz CT molecular complexity index is 470. The molecule has 0 bridgehead atoms. The Hall–Kier alpha value is 0.0569. The van der Waals surface area contributed by atoms with Gasteiger partial charge in [-0.25, -0.2) is 0 Å². The van der Waals surface area contributed by atoms with Crippen LogP contribution in [0.5, 0.6) is 0 Å². The number of nitrogens with zero attached hydrogens (tertiary/aromatic N) is 3. The van der Waals surface area contributed by atoms with Gasteiger partial charge in [0.2, 0.25) is 0 Å². The quantitative estimate of drug-likeness (QED) is 0.0783. The lowest BCUT2D eigenvalue weighted by atomic mass is 9.76. The highest BCUT2D eigenvalue weighted by molar-refractivity contribution is 6.73. The molecule has 40 heavy (non-hydrogen) atoms. The molecule has 0 unspecified atom stereocenters. The molecule has 0 spiro atoms. The summed E-state index contributed by atoms with van der Waals surface area (Å²) < 4.78 is 6.80. The second kappa shape index (κ2) is 25.5. The van der Waals surface area contributed by atoms with E-state index in [1.54, 1.807) is 0 Å². The van der Waals surface area contributed by atoms with E-state index in [-0.39, 0.29) is 0 Å². The number of rotatable bonds is 30. The summed E-state index contributed by atoms with van der Waals surface area (Å²) in [6.45, 7) is 33.4. The van der Waals surface area contributed by atoms with Gasteiger partial charge in [-0.3, -0.25) is 0 Å². The van der Waals surface area contributed by atoms with Crippen LogP contribution in [0, 0.1) is 5.41 Å². The normalized spacial score (nSPS) is 12.9. The summed E-state index contributed by atoms with van der Waals surface area (Å²) in [5.41, 5.74) is 0.436. The van der Waals surface area contributed by atoms with Crippen molar-refractivity contribution in [1.82, 2.24) is 14.7 Å². The minimum absolute atomic E-state index is 0.436. The Morgan fingerprint density at radius 2 is 0.750 bits per heavy atom. The summed E-state index contributed by atoms with van der Waals surface area (Å²) in [5, 5.41) is 0. The molecule has 0 amide bonds. The average Bonchev–Trinajstić information content (AvgIpc) is 2.93. The van der Waals surface area contributed by atoms with Gasteiger partial charge in [0, 0.05) is 6.61 Å². The largest absolute Gasteiger partial charge is 0.417 e. The van der Waals surface area contributed by atoms with Crippen molar-refractivity contribution in [2.75, 3.05) is 65.5 Å². The van der Waals surface area contributed by atoms with E-state index in [1.807, 2.05) is 0 Å². The molecule has 0 aliphatic carbocycles. The van der Waals surface area contributed by atoms with Crippen LogP contribution in [0.4, 0.5) is 0 Å². The summed E-state index contributed by atoms with van der Waals surface area (Å²) in [4.78, 5) is 8.23. The predicted molar refractivity (Wildman–Crippen MR) is 184 cm³/mol. The van der Waals surface area contributed by atoms with Crippen molar-refractivity contribution in [2.45, 2.75) is 157 Å². The lowest BCUT2D eigenvalue weighted by molar-refractivity contribution is 0.165. The summed E-state index contributed by atoms with van der Waals surface area (Å²) >= 11 is 0. The van der Waals surface area contributed by atoms with Crippen LogP contribution in [0.1, 0.15) is 139 Å². The molecule has 5 heteroatoms. The van der Waals surface area contributed by atoms with Gasteiger partial charge in [-0.2, -0.15) is 0 Å². The van der Waals surface area contributed by atoms with Gasteiger partial charge in [-0.1, -0.05) is 55.4 Å². The second-order valence-corrected chi connectivity index (χ2v) is 17.3. The predicted octanol–water partition coefficient (Wildman–Crippen LogP) is 9.70. The minimum Gasteiger partial charge on any atom is -0.417 e. The molecule has 0 aliphatic heterocycles. The zero-order valence-electron chi connectivity index (χ0n) is 29.4. The zero-order valence-corrected chi connectivity index (χ0v) is 30.4. The van der Waals surface area contributed by atoms with E-state index in [1.165, 1.54) is 154 Å². The van der Waals surface area contributed by atoms with Crippen molar-refractivity contribution in [2.24, 2.45) is 5.41 Å². The highest BCUT2D eigenvalue weighted by Gasteiger charge is 2.41. The van der Waals surface area contributed by atoms with E-state index < -0.39 is 8.32 Å². The Labute approximate surface area is 255 Å². The van der Waals surface area contributed by atoms with Crippen molar-refractivity contribution in [3.63, 3.8) is 0 Å². The van der Waals surface area contributed by atoms with Crippen LogP contribution in [0.3, 0.4) is 0 Å². The molecule has 0 saturated carbocycles. The van der Waals surface area contributed by atoms with Gasteiger partial charge in [0.25, 0.3) is 0 Å². The highest BCUT2D eigenvalue weighted by atomic mass is 28.4. The summed E-state index contributed by atoms with van der Waals surface area (Å²) in [5.74, 6) is 0. The first-order valence-electron chi connectivity index (χ1n) is 18.2. The SMILES string of the molecule is CCCN(CCC)CCCC(CCCN(CCC)CCC)(CCCN(CCC)CCC)C[Si](CC)(CC)OCC. The van der Waals surface area contributed by atoms with Gasteiger partial charge in [-0.05, 0) is 166 Å². The van der Waals surface area contributed by atoms with Crippen LogP contribution in [0.15, 0.2) is 0 Å². The molecule has 0 saturated heterocycles. The lowest BCUT2D eigenvalue weighted by Crippen LogP contribution is -2.44. The maximum Gasteiger partial charge on any atom is 0.192 e. The summed E-state index contributed by atoms with van der Waals surface area (Å²) in [6.07, 6.45) is 15.9. The molecule has 242 valence electrons. The third-order valence-corrected chi connectivity index (χ3v) is 14.1. The first kappa shape index (κ1) is 40.1. The van der Waals surface area contributed by atoms with Crippen LogP contribution in [0.25, 0.3) is 0 Å². The molecule has 0 fully saturated rings. The number of hydrogen-bond donors (Lipinski definition) is 0. The van der Waals surface area contributed by atoms with Crippen molar-refractivity contribution < 1.29 is 4.43 Å². The Balaban J connectivity index is 6.03. The van der Waals surface area contributed by atoms with Gasteiger partial charge >= 0.3 is 0 Å². The minimum atomic E-state index is -1.74. The van der Waals surface area contributed by atoms with E-state index in [2.05, 4.69) is 77.0 Å². The molecule has 0 heterocycles. The second-order valence-electron chi connectivity index (χ2n) is 12.8. The maximum atomic E-state index is 6.80. The Morgan fingerprint density at radius 3 is 0.975 bits per heavy atom. The molecule has 4 nitrogen and oxygen atoms in total. The van der Waals surface area contributed by atoms with E-state index >= 15 is 0 Å². The fourth-order valence-corrected chi connectivity index (χ4v) is 11.3. The van der Waals surface area contributed by atoms with Crippen LogP contribution in [0.2, 0.25) is 18.1 Å². The molecule has 0 rings (SSSR count). The van der Waals surface area contributed by atoms with Crippen LogP contribution >= 0.6 is 0 Å². The standard InChI is InChI=1S/C35H77N3OSi/c1-10-25-36(26-11-2)31-19-22-35(34-40(17-8,18-9)39-16-7,23-20-32-37(27-12-3)28-13-4)24-21-33-38(29-14-5)30-15-6/h10-34H2,1-9H3. The van der Waals surface area contributed by atoms with Crippen molar-refractivity contribution in [3.8, 4) is 0 Å². The molecule has 0 aliphatic rings. The van der Waals surface area contributed by atoms with Crippen molar-refractivity contribution >= 4 is 8.32 Å². The first-order chi connectivity index (χ1) is 19.4. The fourth-order valence-electron chi connectivity index (χ4n) is 7.32. The smallest absolute Gasteiger partial charge is 0.192 e. The molecular formula is C35H77N3OSi. The van der Waals surface area contributed by atoms with E-state index in [9.17, 15) is 0 Å². The molecule has 0 N–H and O–H groups in total. The monoisotopic (exact) mass is 584 g/mol. The van der Waals surface area contributed by atoms with Crippen molar-refractivity contribution in [3.05, 3.63) is 0 Å². The van der Waals surface area contributed by atoms with Gasteiger partial charge in [-0.15, -0.1) is 0 Å². The third kappa shape index (κ3) is 17.2. The molecule has 0 atom stereocenters. The average molecular weight is 584 g/mol. The van der Waals surface area contributed by atoms with Crippen LogP contribution < -0.4 is 0 Å². The topological polar surface area (TPSA) is 19.0 Å². The highest BCUT2D eigenvalue weighted by Crippen LogP contribution is 2.45. The van der Waals surface area contributed by atoms with Crippen LogP contribution in [-0.2, 0) is 4.43 Å². The van der Waals surface area contributed by atoms with E-state index in [0.29, 0.717) is 5.41 Å².